The second-order valence-corrected chi connectivity index (χ2v) is 4.98. The zero-order valence-corrected chi connectivity index (χ0v) is 12.4. The molecule has 3 rings (SSSR count). The number of carbonyl (C=O) groups is 1. The van der Waals surface area contributed by atoms with Crippen LogP contribution in [0.25, 0.3) is 5.69 Å². The van der Waals surface area contributed by atoms with E-state index in [2.05, 4.69) is 20.6 Å². The lowest BCUT2D eigenvalue weighted by atomic mass is 10.2. The van der Waals surface area contributed by atoms with Gasteiger partial charge >= 0.3 is 0 Å². The first-order valence-corrected chi connectivity index (χ1v) is 6.93. The standard InChI is InChI=1S/C15H12ClN5O/c1-10-14(15(22)18-11-6-8-17-9-7-11)19-20-21(10)13-5-3-2-4-12(13)16/h2-9H,1H3,(H,17,18,22). The van der Waals surface area contributed by atoms with E-state index in [0.717, 1.165) is 0 Å². The normalized spacial score (nSPS) is 10.5. The van der Waals surface area contributed by atoms with Crippen LogP contribution in [-0.4, -0.2) is 25.9 Å². The number of benzene rings is 1. The van der Waals surface area contributed by atoms with Gasteiger partial charge in [-0.2, -0.15) is 0 Å². The average molecular weight is 314 g/mol. The van der Waals surface area contributed by atoms with Crippen LogP contribution in [0.1, 0.15) is 16.2 Å². The molecule has 0 aliphatic rings. The molecule has 1 N–H and O–H groups in total. The van der Waals surface area contributed by atoms with Crippen molar-refractivity contribution < 1.29 is 4.79 Å². The van der Waals surface area contributed by atoms with Gasteiger partial charge in [0.25, 0.3) is 5.91 Å². The van der Waals surface area contributed by atoms with Gasteiger partial charge in [0.15, 0.2) is 5.69 Å². The molecule has 0 radical (unpaired) electrons. The number of para-hydroxylation sites is 1. The van der Waals surface area contributed by atoms with Crippen LogP contribution >= 0.6 is 11.6 Å². The third kappa shape index (κ3) is 2.68. The summed E-state index contributed by atoms with van der Waals surface area (Å²) in [6.07, 6.45) is 3.20. The Kier molecular flexibility index (Phi) is 3.84. The highest BCUT2D eigenvalue weighted by atomic mass is 35.5. The highest BCUT2D eigenvalue weighted by Crippen LogP contribution is 2.21. The topological polar surface area (TPSA) is 72.7 Å². The van der Waals surface area contributed by atoms with Crippen LogP contribution in [0.3, 0.4) is 0 Å². The largest absolute Gasteiger partial charge is 0.320 e. The molecule has 0 saturated heterocycles. The lowest BCUT2D eigenvalue weighted by molar-refractivity contribution is 0.102. The molecule has 0 aliphatic heterocycles. The molecular weight excluding hydrogens is 302 g/mol. The maximum Gasteiger partial charge on any atom is 0.278 e. The van der Waals surface area contributed by atoms with Crippen LogP contribution < -0.4 is 5.32 Å². The molecule has 0 aliphatic carbocycles. The molecule has 0 saturated carbocycles. The van der Waals surface area contributed by atoms with Gasteiger partial charge in [-0.05, 0) is 31.2 Å². The molecule has 1 amide bonds. The van der Waals surface area contributed by atoms with Crippen LogP contribution in [0.5, 0.6) is 0 Å². The van der Waals surface area contributed by atoms with Crippen molar-refractivity contribution in [1.29, 1.82) is 0 Å². The third-order valence-electron chi connectivity index (χ3n) is 3.13. The van der Waals surface area contributed by atoms with Crippen molar-refractivity contribution in [2.75, 3.05) is 5.32 Å². The predicted octanol–water partition coefficient (Wildman–Crippen LogP) is 2.88. The van der Waals surface area contributed by atoms with E-state index in [1.807, 2.05) is 18.2 Å². The Hall–Kier alpha value is -2.73. The summed E-state index contributed by atoms with van der Waals surface area (Å²) >= 11 is 6.15. The summed E-state index contributed by atoms with van der Waals surface area (Å²) in [6, 6.07) is 10.6. The number of aromatic nitrogens is 4. The van der Waals surface area contributed by atoms with Crippen LogP contribution in [0, 0.1) is 6.92 Å². The number of amides is 1. The Morgan fingerprint density at radius 2 is 1.91 bits per heavy atom. The molecule has 0 bridgehead atoms. The summed E-state index contributed by atoms with van der Waals surface area (Å²) in [5.41, 5.74) is 2.18. The monoisotopic (exact) mass is 313 g/mol. The molecule has 0 atom stereocenters. The van der Waals surface area contributed by atoms with E-state index in [1.165, 1.54) is 0 Å². The number of pyridine rings is 1. The fourth-order valence-corrected chi connectivity index (χ4v) is 2.23. The zero-order valence-electron chi connectivity index (χ0n) is 11.7. The number of rotatable bonds is 3. The van der Waals surface area contributed by atoms with Crippen molar-refractivity contribution >= 4 is 23.2 Å². The van der Waals surface area contributed by atoms with E-state index < -0.39 is 0 Å². The van der Waals surface area contributed by atoms with Crippen molar-refractivity contribution in [2.24, 2.45) is 0 Å². The number of hydrogen-bond donors (Lipinski definition) is 1. The molecule has 0 fully saturated rings. The van der Waals surface area contributed by atoms with Crippen molar-refractivity contribution in [3.8, 4) is 5.69 Å². The van der Waals surface area contributed by atoms with Crippen molar-refractivity contribution in [2.45, 2.75) is 6.92 Å². The number of carbonyl (C=O) groups excluding carboxylic acids is 1. The highest BCUT2D eigenvalue weighted by Gasteiger charge is 2.18. The quantitative estimate of drug-likeness (QED) is 0.807. The number of nitrogens with one attached hydrogen (secondary N) is 1. The summed E-state index contributed by atoms with van der Waals surface area (Å²) in [4.78, 5) is 16.2. The van der Waals surface area contributed by atoms with Gasteiger partial charge in [0.2, 0.25) is 0 Å². The van der Waals surface area contributed by atoms with Gasteiger partial charge in [0.1, 0.15) is 0 Å². The third-order valence-corrected chi connectivity index (χ3v) is 3.45. The Bertz CT molecular complexity index is 816. The molecular formula is C15H12ClN5O. The molecule has 0 spiro atoms. The Balaban J connectivity index is 1.91. The summed E-state index contributed by atoms with van der Waals surface area (Å²) in [7, 11) is 0. The maximum atomic E-state index is 12.3. The predicted molar refractivity (Wildman–Crippen MR) is 83.3 cm³/mol. The van der Waals surface area contributed by atoms with Crippen molar-refractivity contribution in [3.05, 3.63) is 65.2 Å². The first-order valence-electron chi connectivity index (χ1n) is 6.55. The second-order valence-electron chi connectivity index (χ2n) is 4.58. The molecule has 7 heteroatoms. The zero-order chi connectivity index (χ0) is 15.5. The SMILES string of the molecule is Cc1c(C(=O)Nc2ccncc2)nnn1-c1ccccc1Cl. The van der Waals surface area contributed by atoms with Crippen LogP contribution in [0.15, 0.2) is 48.8 Å². The molecule has 3 aromatic rings. The fraction of sp³-hybridized carbons (Fsp3) is 0.0667. The summed E-state index contributed by atoms with van der Waals surface area (Å²) in [5, 5.41) is 11.3. The minimum absolute atomic E-state index is 0.247. The van der Waals surface area contributed by atoms with Crippen LogP contribution in [0.4, 0.5) is 5.69 Å². The van der Waals surface area contributed by atoms with Crippen molar-refractivity contribution in [3.63, 3.8) is 0 Å². The lowest BCUT2D eigenvalue weighted by Gasteiger charge is -2.06. The Morgan fingerprint density at radius 3 is 2.64 bits per heavy atom. The number of halogens is 1. The molecule has 110 valence electrons. The van der Waals surface area contributed by atoms with E-state index in [0.29, 0.717) is 22.1 Å². The molecule has 22 heavy (non-hydrogen) atoms. The number of anilines is 1. The minimum atomic E-state index is -0.331. The summed E-state index contributed by atoms with van der Waals surface area (Å²) < 4.78 is 1.55. The van der Waals surface area contributed by atoms with E-state index in [1.54, 1.807) is 42.2 Å². The van der Waals surface area contributed by atoms with Gasteiger partial charge in [-0.25, -0.2) is 4.68 Å². The lowest BCUT2D eigenvalue weighted by Crippen LogP contribution is -2.14. The highest BCUT2D eigenvalue weighted by molar-refractivity contribution is 6.32. The first-order chi connectivity index (χ1) is 10.7. The summed E-state index contributed by atoms with van der Waals surface area (Å²) in [6.45, 7) is 1.77. The van der Waals surface area contributed by atoms with E-state index in [-0.39, 0.29) is 11.6 Å². The number of hydrogen-bond acceptors (Lipinski definition) is 4. The molecule has 6 nitrogen and oxygen atoms in total. The fourth-order valence-electron chi connectivity index (χ4n) is 2.02. The Labute approximate surface area is 131 Å². The molecule has 0 unspecified atom stereocenters. The van der Waals surface area contributed by atoms with Crippen molar-refractivity contribution in [1.82, 2.24) is 20.0 Å². The average Bonchev–Trinajstić information content (AvgIpc) is 2.90. The van der Waals surface area contributed by atoms with Crippen LogP contribution in [-0.2, 0) is 0 Å². The molecule has 2 heterocycles. The summed E-state index contributed by atoms with van der Waals surface area (Å²) in [5.74, 6) is -0.331. The second kappa shape index (κ2) is 5.95. The molecule has 1 aromatic carbocycles. The van der Waals surface area contributed by atoms with Gasteiger partial charge in [-0.15, -0.1) is 5.10 Å². The maximum absolute atomic E-state index is 12.3. The van der Waals surface area contributed by atoms with Crippen LogP contribution in [0.2, 0.25) is 5.02 Å². The van der Waals surface area contributed by atoms with Gasteiger partial charge in [-0.1, -0.05) is 28.9 Å². The van der Waals surface area contributed by atoms with E-state index in [4.69, 9.17) is 11.6 Å². The van der Waals surface area contributed by atoms with E-state index >= 15 is 0 Å². The first kappa shape index (κ1) is 14.2. The van der Waals surface area contributed by atoms with E-state index in [9.17, 15) is 4.79 Å². The Morgan fingerprint density at radius 1 is 1.18 bits per heavy atom. The van der Waals surface area contributed by atoms with Gasteiger partial charge in [0.05, 0.1) is 16.4 Å². The van der Waals surface area contributed by atoms with Gasteiger partial charge in [0, 0.05) is 18.1 Å². The van der Waals surface area contributed by atoms with Gasteiger partial charge < -0.3 is 5.32 Å². The number of nitrogens with zero attached hydrogens (tertiary/aromatic N) is 4. The molecule has 2 aromatic heterocycles. The minimum Gasteiger partial charge on any atom is -0.320 e. The van der Waals surface area contributed by atoms with Gasteiger partial charge in [-0.3, -0.25) is 9.78 Å². The smallest absolute Gasteiger partial charge is 0.278 e.